The molecular weight excluding hydrogens is 424 g/mol. The maximum atomic E-state index is 5.01. The van der Waals surface area contributed by atoms with Gasteiger partial charge in [-0.05, 0) is 31.0 Å². The standard InChI is InChI=1S/C33H33N2/c1-3-35(4-2)32(28-18-12-7-13-19-28)23-30-22-29(21-20-26-14-8-5-9-15-26)31(24-33(30)35)34-25-27-16-10-6-11-17-27/h5-22,24-25,32H,3-4,23H2,1-2H3/q+1/b21-20+,34-25?/t32-/m0/s1. The molecule has 0 saturated carbocycles. The van der Waals surface area contributed by atoms with Crippen molar-refractivity contribution in [2.75, 3.05) is 13.1 Å². The highest BCUT2D eigenvalue weighted by molar-refractivity contribution is 5.86. The maximum Gasteiger partial charge on any atom is 0.139 e. The average Bonchev–Trinajstić information content (AvgIpc) is 3.25. The van der Waals surface area contributed by atoms with Crippen molar-refractivity contribution < 1.29 is 0 Å². The van der Waals surface area contributed by atoms with Gasteiger partial charge < -0.3 is 0 Å². The van der Waals surface area contributed by atoms with Crippen molar-refractivity contribution in [1.29, 1.82) is 0 Å². The highest BCUT2D eigenvalue weighted by Gasteiger charge is 2.45. The van der Waals surface area contributed by atoms with Crippen LogP contribution < -0.4 is 4.48 Å². The zero-order valence-electron chi connectivity index (χ0n) is 20.6. The van der Waals surface area contributed by atoms with Gasteiger partial charge in [-0.1, -0.05) is 103 Å². The van der Waals surface area contributed by atoms with E-state index in [-0.39, 0.29) is 0 Å². The summed E-state index contributed by atoms with van der Waals surface area (Å²) in [6, 6.07) is 37.0. The molecule has 2 nitrogen and oxygen atoms in total. The van der Waals surface area contributed by atoms with E-state index in [0.29, 0.717) is 6.04 Å². The van der Waals surface area contributed by atoms with E-state index in [2.05, 4.69) is 123 Å². The zero-order chi connectivity index (χ0) is 24.1. The first-order chi connectivity index (χ1) is 17.2. The number of rotatable bonds is 7. The van der Waals surface area contributed by atoms with Gasteiger partial charge in [0.25, 0.3) is 0 Å². The third-order valence-electron chi connectivity index (χ3n) is 7.44. The molecule has 1 atom stereocenters. The molecule has 0 amide bonds. The van der Waals surface area contributed by atoms with Gasteiger partial charge in [-0.25, -0.2) is 0 Å². The number of aliphatic imine (C=N–C) groups is 1. The lowest BCUT2D eigenvalue weighted by Crippen LogP contribution is -2.49. The summed E-state index contributed by atoms with van der Waals surface area (Å²) >= 11 is 0. The molecule has 0 N–H and O–H groups in total. The Morgan fingerprint density at radius 2 is 1.34 bits per heavy atom. The van der Waals surface area contributed by atoms with Crippen LogP contribution in [0.3, 0.4) is 0 Å². The fourth-order valence-electron chi connectivity index (χ4n) is 5.53. The van der Waals surface area contributed by atoms with E-state index in [1.54, 1.807) is 0 Å². The molecule has 0 unspecified atom stereocenters. The molecule has 0 saturated heterocycles. The Labute approximate surface area is 209 Å². The number of likely N-dealkylation sites (N-methyl/N-ethyl adjacent to an activating group) is 1. The van der Waals surface area contributed by atoms with Crippen LogP contribution in [-0.2, 0) is 6.42 Å². The van der Waals surface area contributed by atoms with Crippen LogP contribution in [0.15, 0.2) is 108 Å². The van der Waals surface area contributed by atoms with E-state index in [9.17, 15) is 0 Å². The van der Waals surface area contributed by atoms with Crippen LogP contribution in [0, 0.1) is 0 Å². The molecule has 2 heteroatoms. The van der Waals surface area contributed by atoms with Crippen molar-refractivity contribution in [3.8, 4) is 0 Å². The number of hydrogen-bond acceptors (Lipinski definition) is 1. The Bertz CT molecular complexity index is 1320. The van der Waals surface area contributed by atoms with E-state index < -0.39 is 0 Å². The summed E-state index contributed by atoms with van der Waals surface area (Å²) in [5, 5.41) is 0. The van der Waals surface area contributed by atoms with Gasteiger partial charge in [0.05, 0.1) is 18.8 Å². The van der Waals surface area contributed by atoms with Gasteiger partial charge in [-0.15, -0.1) is 0 Å². The van der Waals surface area contributed by atoms with Gasteiger partial charge in [0.15, 0.2) is 0 Å². The minimum absolute atomic E-state index is 0.431. The van der Waals surface area contributed by atoms with E-state index in [1.165, 1.54) is 27.9 Å². The van der Waals surface area contributed by atoms with E-state index >= 15 is 0 Å². The van der Waals surface area contributed by atoms with Crippen LogP contribution in [0.1, 0.15) is 47.7 Å². The zero-order valence-corrected chi connectivity index (χ0v) is 20.6. The van der Waals surface area contributed by atoms with Gasteiger partial charge in [-0.2, -0.15) is 0 Å². The van der Waals surface area contributed by atoms with Gasteiger partial charge in [-0.3, -0.25) is 9.48 Å². The topological polar surface area (TPSA) is 12.4 Å². The van der Waals surface area contributed by atoms with Crippen LogP contribution in [0.2, 0.25) is 0 Å². The van der Waals surface area contributed by atoms with E-state index in [1.807, 2.05) is 12.3 Å². The number of hydrogen-bond donors (Lipinski definition) is 0. The first kappa shape index (κ1) is 23.0. The predicted octanol–water partition coefficient (Wildman–Crippen LogP) is 8.25. The molecule has 5 rings (SSSR count). The number of benzene rings is 4. The Hall–Kier alpha value is -3.75. The summed E-state index contributed by atoms with van der Waals surface area (Å²) in [5.41, 5.74) is 8.77. The number of fused-ring (bicyclic) bond motifs is 1. The van der Waals surface area contributed by atoms with Crippen LogP contribution >= 0.6 is 0 Å². The predicted molar refractivity (Wildman–Crippen MR) is 151 cm³/mol. The van der Waals surface area contributed by atoms with Crippen molar-refractivity contribution in [3.05, 3.63) is 131 Å². The maximum absolute atomic E-state index is 5.01. The molecule has 0 aromatic heterocycles. The van der Waals surface area contributed by atoms with Gasteiger partial charge >= 0.3 is 0 Å². The summed E-state index contributed by atoms with van der Waals surface area (Å²) in [7, 11) is 0. The summed E-state index contributed by atoms with van der Waals surface area (Å²) in [6.07, 6.45) is 7.44. The molecule has 174 valence electrons. The fraction of sp³-hybridized carbons (Fsp3) is 0.182. The van der Waals surface area contributed by atoms with Crippen molar-refractivity contribution >= 4 is 29.7 Å². The van der Waals surface area contributed by atoms with Crippen molar-refractivity contribution in [1.82, 2.24) is 4.48 Å². The average molecular weight is 458 g/mol. The van der Waals surface area contributed by atoms with Crippen LogP contribution in [-0.4, -0.2) is 19.3 Å². The molecule has 1 heterocycles. The quantitative estimate of drug-likeness (QED) is 0.150. The lowest BCUT2D eigenvalue weighted by atomic mass is 10.00. The lowest BCUT2D eigenvalue weighted by Gasteiger charge is -2.39. The molecule has 0 bridgehead atoms. The largest absolute Gasteiger partial charge is 0.285 e. The smallest absolute Gasteiger partial charge is 0.139 e. The SMILES string of the molecule is CC[N+]1(CC)c2cc(N=Cc3ccccc3)c(/C=C/c3ccccc3)cc2C[C@H]1c1ccccc1. The fourth-order valence-corrected chi connectivity index (χ4v) is 5.53. The van der Waals surface area contributed by atoms with E-state index in [4.69, 9.17) is 4.99 Å². The second-order valence-corrected chi connectivity index (χ2v) is 9.25. The molecule has 0 fully saturated rings. The normalized spacial score (nSPS) is 16.7. The molecular formula is C33H33N2+. The van der Waals surface area contributed by atoms with Crippen molar-refractivity contribution in [2.45, 2.75) is 26.3 Å². The molecule has 1 aliphatic heterocycles. The second kappa shape index (κ2) is 10.2. The highest BCUT2D eigenvalue weighted by Crippen LogP contribution is 2.49. The van der Waals surface area contributed by atoms with Crippen molar-refractivity contribution in [2.24, 2.45) is 4.99 Å². The molecule has 0 aliphatic carbocycles. The molecule has 0 radical (unpaired) electrons. The van der Waals surface area contributed by atoms with Crippen molar-refractivity contribution in [3.63, 3.8) is 0 Å². The highest BCUT2D eigenvalue weighted by atomic mass is 15.4. The number of quaternary nitrogens is 1. The van der Waals surface area contributed by atoms with Crippen LogP contribution in [0.25, 0.3) is 12.2 Å². The third-order valence-corrected chi connectivity index (χ3v) is 7.44. The first-order valence-corrected chi connectivity index (χ1v) is 12.6. The Morgan fingerprint density at radius 1 is 0.743 bits per heavy atom. The molecule has 35 heavy (non-hydrogen) atoms. The third kappa shape index (κ3) is 4.62. The molecule has 0 spiro atoms. The first-order valence-electron chi connectivity index (χ1n) is 12.6. The molecule has 4 aromatic rings. The summed E-state index contributed by atoms with van der Waals surface area (Å²) < 4.78 is 0.968. The Balaban J connectivity index is 1.62. The van der Waals surface area contributed by atoms with Gasteiger partial charge in [0, 0.05) is 35.4 Å². The van der Waals surface area contributed by atoms with Gasteiger partial charge in [0.1, 0.15) is 11.7 Å². The lowest BCUT2D eigenvalue weighted by molar-refractivity contribution is 0.241. The summed E-state index contributed by atoms with van der Waals surface area (Å²) in [5.74, 6) is 0. The summed E-state index contributed by atoms with van der Waals surface area (Å²) in [4.78, 5) is 5.01. The Morgan fingerprint density at radius 3 is 1.97 bits per heavy atom. The minimum atomic E-state index is 0.431. The minimum Gasteiger partial charge on any atom is -0.285 e. The molecule has 1 aliphatic rings. The summed E-state index contributed by atoms with van der Waals surface area (Å²) in [6.45, 7) is 6.77. The number of nitrogens with zero attached hydrogens (tertiary/aromatic N) is 2. The molecule has 4 aromatic carbocycles. The van der Waals surface area contributed by atoms with E-state index in [0.717, 1.165) is 35.2 Å². The Kier molecular flexibility index (Phi) is 6.74. The van der Waals surface area contributed by atoms with Gasteiger partial charge in [0.2, 0.25) is 0 Å². The van der Waals surface area contributed by atoms with Crippen LogP contribution in [0.4, 0.5) is 11.4 Å². The monoisotopic (exact) mass is 457 g/mol. The van der Waals surface area contributed by atoms with Crippen LogP contribution in [0.5, 0.6) is 0 Å². The second-order valence-electron chi connectivity index (χ2n) is 9.25.